The van der Waals surface area contributed by atoms with Gasteiger partial charge in [-0.3, -0.25) is 38.5 Å². The fraction of sp³-hybridized carbons (Fsp3) is 0.307. The minimum Gasteiger partial charge on any atom is -0.480 e. The van der Waals surface area contributed by atoms with E-state index < -0.39 is 43.0 Å². The van der Waals surface area contributed by atoms with Crippen LogP contribution in [0.2, 0.25) is 0 Å². The van der Waals surface area contributed by atoms with Crippen LogP contribution in [0.4, 0.5) is 4.79 Å². The predicted octanol–water partition coefficient (Wildman–Crippen LogP) is 16.7. The topological polar surface area (TPSA) is 401 Å². The molecule has 0 saturated carbocycles. The zero-order valence-electron chi connectivity index (χ0n) is 79.7. The van der Waals surface area contributed by atoms with Crippen LogP contribution in [0.5, 0.6) is 0 Å². The van der Waals surface area contributed by atoms with Gasteiger partial charge in [-0.1, -0.05) is 249 Å². The van der Waals surface area contributed by atoms with Gasteiger partial charge in [-0.25, -0.2) is 9.59 Å². The van der Waals surface area contributed by atoms with Crippen molar-refractivity contribution in [3.05, 3.63) is 289 Å². The Kier molecular flexibility index (Phi) is 37.6. The molecule has 0 radical (unpaired) electrons. The molecule has 0 bridgehead atoms. The Bertz CT molecular complexity index is 6740. The first-order chi connectivity index (χ1) is 69.9. The van der Waals surface area contributed by atoms with Crippen molar-refractivity contribution in [1.82, 2.24) is 36.8 Å². The molecule has 2 heterocycles. The number of nitrogens with two attached hydrogens (primary N) is 1. The summed E-state index contributed by atoms with van der Waals surface area (Å²) in [6.45, 7) is 5.02. The van der Waals surface area contributed by atoms with E-state index in [9.17, 15) is 58.5 Å². The van der Waals surface area contributed by atoms with Crippen molar-refractivity contribution in [3.63, 3.8) is 0 Å². The highest BCUT2D eigenvalue weighted by Crippen LogP contribution is 2.57. The number of rotatable bonds is 47. The van der Waals surface area contributed by atoms with Crippen molar-refractivity contribution >= 4 is 173 Å². The Balaban J connectivity index is 0.000000151. The number of thioether (sulfide) groups is 1. The third kappa shape index (κ3) is 27.2. The fourth-order valence-electron chi connectivity index (χ4n) is 19.5. The lowest BCUT2D eigenvalue weighted by Crippen LogP contribution is -2.46. The van der Waals surface area contributed by atoms with E-state index in [0.29, 0.717) is 130 Å². The number of carbonyl (C=O) groups excluding carboxylic acids is 5. The van der Waals surface area contributed by atoms with Gasteiger partial charge in [0.05, 0.1) is 97.8 Å². The summed E-state index contributed by atoms with van der Waals surface area (Å²) in [5, 5.41) is 77.6. The number of carboxylic acid groups (broad SMARTS) is 4. The summed E-state index contributed by atoms with van der Waals surface area (Å²) in [6.07, 6.45) is 4.37. The second kappa shape index (κ2) is 52.1. The lowest BCUT2D eigenvalue weighted by atomic mass is 9.85. The zero-order chi connectivity index (χ0) is 99.8. The van der Waals surface area contributed by atoms with E-state index >= 15 is 0 Å². The lowest BCUT2D eigenvalue weighted by Gasteiger charge is -2.25. The molecule has 742 valence electrons. The standard InChI is InChI=1S/C41H36N2O7.C33H42N4O6S.C23H28N2O4.C17H14O3/c44-34(42-20-10-9-19-33(41(49)50)43(22-35(45)46)23-36(47)48)21-32-37-28-15-5-1-11-24(28)26-13-3-7-17-30(26)39(37)40-31-18-8-4-14-27(31)25-12-2-6-16-29(25)38(32)40;38-30(12-6-5-11-29-32-28(22-44-29)36-33(40)37-32)34-13-15-41-17-18-42-16-14-35-31(39)21-43-20-27-25-9-3-1-7-23(25)19-24-8-2-4-10-26(24)27;24-9-11-27-13-14-28-12-10-25-23(26)17-29-16-22-20-7-3-1-5-18(20)15-19-6-2-4-8-21(19)22;18-17(19)11-20-10-16-14-7-3-1-5-12(14)9-13-6-2-4-8-15(13)16/h1-8,11-18,32-33H,9-10,19-23H2,(H,42,44)(H,45,46)(H,47,48)(H,49,50);1-4,7-10,19,28-29,32H,5-6,11-18,20-22H2,(H,34,38)(H,35,39)(H2,36,37,40);1-8,15H,9-14,16-17,24H2,(H,25,26);1-9H,10-11H2,(H,18,19)/t;28-,29-,32-;;/m.0../s1. The number of hydrogen-bond acceptors (Lipinski definition) is 19. The molecule has 1 unspecified atom stereocenters. The van der Waals surface area contributed by atoms with Gasteiger partial charge in [0.15, 0.2) is 0 Å². The Morgan fingerprint density at radius 2 is 0.720 bits per heavy atom. The molecule has 2 aliphatic heterocycles. The second-order valence-electron chi connectivity index (χ2n) is 35.3. The molecular weight excluding hydrogens is 1830 g/mol. The highest BCUT2D eigenvalue weighted by molar-refractivity contribution is 8.00. The van der Waals surface area contributed by atoms with E-state index in [0.717, 1.165) is 144 Å². The minimum atomic E-state index is -1.30. The average Bonchev–Trinajstić information content (AvgIpc) is 1.53. The van der Waals surface area contributed by atoms with Gasteiger partial charge in [0.1, 0.15) is 25.9 Å². The van der Waals surface area contributed by atoms with Crippen LogP contribution in [0, 0.1) is 0 Å². The van der Waals surface area contributed by atoms with Gasteiger partial charge in [0.25, 0.3) is 0 Å². The number of urea groups is 1. The first kappa shape index (κ1) is 103. The summed E-state index contributed by atoms with van der Waals surface area (Å²) >= 11 is 1.90. The van der Waals surface area contributed by atoms with Gasteiger partial charge in [0.2, 0.25) is 23.6 Å². The number of benzene rings is 15. The molecular formula is C114H120N8O20S. The molecule has 2 fully saturated rings. The molecule has 143 heavy (non-hydrogen) atoms. The third-order valence-electron chi connectivity index (χ3n) is 25.8. The average molecular weight is 1950 g/mol. The van der Waals surface area contributed by atoms with Crippen molar-refractivity contribution in [2.45, 2.75) is 100 Å². The summed E-state index contributed by atoms with van der Waals surface area (Å²) in [5.41, 5.74) is 13.2. The fourth-order valence-corrected chi connectivity index (χ4v) is 21.0. The van der Waals surface area contributed by atoms with E-state index in [2.05, 4.69) is 184 Å². The van der Waals surface area contributed by atoms with Crippen LogP contribution in [-0.2, 0) is 91.3 Å². The number of aliphatic carboxylic acids is 4. The monoisotopic (exact) mass is 1950 g/mol. The molecule has 0 spiro atoms. The normalized spacial score (nSPS) is 14.3. The molecule has 29 heteroatoms. The molecule has 18 rings (SSSR count). The summed E-state index contributed by atoms with van der Waals surface area (Å²) in [4.78, 5) is 108. The van der Waals surface area contributed by atoms with Crippen molar-refractivity contribution in [2.75, 3.05) is 124 Å². The molecule has 4 atom stereocenters. The van der Waals surface area contributed by atoms with Crippen LogP contribution in [0.15, 0.2) is 261 Å². The highest BCUT2D eigenvalue weighted by atomic mass is 32.2. The maximum atomic E-state index is 13.8. The van der Waals surface area contributed by atoms with Gasteiger partial charge < -0.3 is 91.2 Å². The first-order valence-electron chi connectivity index (χ1n) is 48.5. The summed E-state index contributed by atoms with van der Waals surface area (Å²) in [5.74, 6) is -4.54. The number of fused-ring (bicyclic) bond motifs is 20. The molecule has 6 amide bonds. The summed E-state index contributed by atoms with van der Waals surface area (Å²) in [6, 6.07) is 88.4. The number of carbonyl (C=O) groups is 9. The minimum absolute atomic E-state index is 0.0111. The third-order valence-corrected chi connectivity index (χ3v) is 27.3. The Morgan fingerprint density at radius 3 is 1.10 bits per heavy atom. The van der Waals surface area contributed by atoms with Crippen LogP contribution in [0.3, 0.4) is 0 Å². The quantitative estimate of drug-likeness (QED) is 0.00730. The number of amides is 6. The molecule has 15 aromatic rings. The van der Waals surface area contributed by atoms with E-state index in [1.54, 1.807) is 0 Å². The highest BCUT2D eigenvalue weighted by Gasteiger charge is 2.43. The zero-order valence-corrected chi connectivity index (χ0v) is 80.5. The SMILES string of the molecule is NCCOCCOCCNC(=O)COCc1c2ccccc2cc2ccccc12.O=C(CCCC[C@@H]1SC[C@@H]2NC(=O)N[C@@H]21)NCCOCCOCCNC(=O)COCc1c2ccccc2cc2ccccc12.O=C(O)CN(CC(=O)O)C(CCCCNC(=O)CC1c2c(c3ccccc3c3ccccc23)-c2c1c1ccccc1c1ccccc21)C(=O)O.O=C(O)COCc1c2ccccc2cc2ccccc12. The van der Waals surface area contributed by atoms with Crippen LogP contribution in [0.25, 0.3) is 119 Å². The Hall–Kier alpha value is -14.1. The number of carboxylic acids is 4. The number of unbranched alkanes of at least 4 members (excludes halogenated alkanes) is 2. The molecule has 1 aliphatic carbocycles. The van der Waals surface area contributed by atoms with Crippen LogP contribution >= 0.6 is 11.8 Å². The molecule has 2 saturated heterocycles. The predicted molar refractivity (Wildman–Crippen MR) is 560 cm³/mol. The van der Waals surface area contributed by atoms with Gasteiger partial charge in [-0.05, 0) is 197 Å². The van der Waals surface area contributed by atoms with Crippen molar-refractivity contribution in [1.29, 1.82) is 0 Å². The maximum absolute atomic E-state index is 13.8. The van der Waals surface area contributed by atoms with Crippen LogP contribution < -0.4 is 37.6 Å². The summed E-state index contributed by atoms with van der Waals surface area (Å²) in [7, 11) is 0. The summed E-state index contributed by atoms with van der Waals surface area (Å²) < 4.78 is 38.5. The number of ether oxygens (including phenoxy) is 7. The van der Waals surface area contributed by atoms with Crippen molar-refractivity contribution < 1.29 is 96.7 Å². The number of nitrogens with one attached hydrogen (secondary N) is 6. The van der Waals surface area contributed by atoms with Gasteiger partial charge in [-0.15, -0.1) is 0 Å². The largest absolute Gasteiger partial charge is 0.480 e. The second-order valence-corrected chi connectivity index (χ2v) is 36.6. The molecule has 28 nitrogen and oxygen atoms in total. The van der Waals surface area contributed by atoms with Gasteiger partial charge in [-0.2, -0.15) is 11.8 Å². The van der Waals surface area contributed by atoms with Gasteiger partial charge >= 0.3 is 29.9 Å². The smallest absolute Gasteiger partial charge is 0.329 e. The first-order valence-corrected chi connectivity index (χ1v) is 49.6. The Labute approximate surface area is 831 Å². The Morgan fingerprint density at radius 1 is 0.371 bits per heavy atom. The van der Waals surface area contributed by atoms with Gasteiger partial charge in [0, 0.05) is 62.5 Å². The maximum Gasteiger partial charge on any atom is 0.329 e. The number of hydrogen-bond donors (Lipinski definition) is 11. The van der Waals surface area contributed by atoms with Crippen LogP contribution in [0.1, 0.15) is 85.1 Å². The molecule has 12 N–H and O–H groups in total. The van der Waals surface area contributed by atoms with E-state index in [1.807, 2.05) is 121 Å². The van der Waals surface area contributed by atoms with Crippen LogP contribution in [-0.4, -0.2) is 226 Å². The van der Waals surface area contributed by atoms with Crippen molar-refractivity contribution in [3.8, 4) is 11.1 Å². The van der Waals surface area contributed by atoms with Crippen molar-refractivity contribution in [2.24, 2.45) is 5.73 Å². The molecule has 3 aliphatic rings. The number of nitrogens with zero attached hydrogens (tertiary/aromatic N) is 1. The van der Waals surface area contributed by atoms with E-state index in [-0.39, 0.29) is 80.3 Å². The van der Waals surface area contributed by atoms with E-state index in [4.69, 9.17) is 44.0 Å². The molecule has 15 aromatic carbocycles. The lowest BCUT2D eigenvalue weighted by molar-refractivity contribution is -0.150. The van der Waals surface area contributed by atoms with E-state index in [1.165, 1.54) is 32.7 Å². The molecule has 0 aromatic heterocycles.